The summed E-state index contributed by atoms with van der Waals surface area (Å²) < 4.78 is 5.23. The number of rotatable bonds is 5. The van der Waals surface area contributed by atoms with Crippen LogP contribution < -0.4 is 5.32 Å². The van der Waals surface area contributed by atoms with Crippen molar-refractivity contribution in [3.8, 4) is 0 Å². The first-order valence-electron chi connectivity index (χ1n) is 7.31. The Balaban J connectivity index is 1.57. The van der Waals surface area contributed by atoms with Crippen LogP contribution in [-0.4, -0.2) is 32.8 Å². The number of nitrogens with one attached hydrogen (secondary N) is 1. The van der Waals surface area contributed by atoms with Crippen molar-refractivity contribution < 1.29 is 18.8 Å². The summed E-state index contributed by atoms with van der Waals surface area (Å²) in [7, 11) is 0. The van der Waals surface area contributed by atoms with Crippen LogP contribution in [0.25, 0.3) is 6.08 Å². The van der Waals surface area contributed by atoms with E-state index in [1.54, 1.807) is 6.08 Å². The lowest BCUT2D eigenvalue weighted by molar-refractivity contribution is -0.139. The number of nitrogens with zero attached hydrogens (tertiary/aromatic N) is 3. The van der Waals surface area contributed by atoms with Gasteiger partial charge in [0.05, 0.1) is 0 Å². The first-order chi connectivity index (χ1) is 11.6. The number of carbonyl (C=O) groups excluding carboxylic acids is 3. The molecule has 1 aliphatic heterocycles. The second kappa shape index (κ2) is 6.86. The SMILES string of the molecule is O=C(/C=C/c1ccccc1)Nc1nnc(CN2C(=O)CCC2=O)o1. The highest BCUT2D eigenvalue weighted by Crippen LogP contribution is 2.16. The molecule has 1 aromatic heterocycles. The summed E-state index contributed by atoms with van der Waals surface area (Å²) in [6.45, 7) is -0.0829. The fraction of sp³-hybridized carbons (Fsp3) is 0.188. The van der Waals surface area contributed by atoms with E-state index in [1.807, 2.05) is 30.3 Å². The smallest absolute Gasteiger partial charge is 0.322 e. The molecule has 1 fully saturated rings. The normalized spacial score (nSPS) is 14.6. The van der Waals surface area contributed by atoms with Crippen LogP contribution in [0.15, 0.2) is 40.8 Å². The van der Waals surface area contributed by atoms with E-state index in [0.29, 0.717) is 0 Å². The predicted octanol–water partition coefficient (Wildman–Crippen LogP) is 1.37. The van der Waals surface area contributed by atoms with Gasteiger partial charge in [-0.05, 0) is 11.6 Å². The lowest BCUT2D eigenvalue weighted by Crippen LogP contribution is -2.28. The standard InChI is InChI=1S/C16H14N4O4/c21-12(7-6-11-4-2-1-3-5-11)17-16-19-18-13(24-16)10-20-14(22)8-9-15(20)23/h1-7H,8-10H2,(H,17,19,21)/b7-6+. The molecule has 3 amide bonds. The van der Waals surface area contributed by atoms with E-state index in [9.17, 15) is 14.4 Å². The van der Waals surface area contributed by atoms with Gasteiger partial charge in [-0.25, -0.2) is 0 Å². The zero-order chi connectivity index (χ0) is 16.9. The molecule has 1 aliphatic rings. The van der Waals surface area contributed by atoms with Crippen molar-refractivity contribution in [2.24, 2.45) is 0 Å². The Labute approximate surface area is 137 Å². The number of likely N-dealkylation sites (tertiary alicyclic amines) is 1. The van der Waals surface area contributed by atoms with Gasteiger partial charge in [-0.15, -0.1) is 5.10 Å². The molecule has 0 aliphatic carbocycles. The zero-order valence-electron chi connectivity index (χ0n) is 12.6. The van der Waals surface area contributed by atoms with Gasteiger partial charge in [-0.1, -0.05) is 35.4 Å². The average Bonchev–Trinajstić information content (AvgIpc) is 3.15. The van der Waals surface area contributed by atoms with E-state index < -0.39 is 5.91 Å². The Morgan fingerprint density at radius 2 is 1.88 bits per heavy atom. The quantitative estimate of drug-likeness (QED) is 0.657. The molecule has 2 aromatic rings. The van der Waals surface area contributed by atoms with Crippen molar-refractivity contribution in [1.29, 1.82) is 0 Å². The average molecular weight is 326 g/mol. The van der Waals surface area contributed by atoms with Crippen LogP contribution in [0.2, 0.25) is 0 Å². The monoisotopic (exact) mass is 326 g/mol. The first kappa shape index (κ1) is 15.6. The summed E-state index contributed by atoms with van der Waals surface area (Å²) in [6.07, 6.45) is 3.38. The molecular weight excluding hydrogens is 312 g/mol. The minimum absolute atomic E-state index is 0.0829. The summed E-state index contributed by atoms with van der Waals surface area (Å²) in [5.41, 5.74) is 0.880. The van der Waals surface area contributed by atoms with Gasteiger partial charge in [-0.3, -0.25) is 24.6 Å². The lowest BCUT2D eigenvalue weighted by atomic mass is 10.2. The number of benzene rings is 1. The molecule has 0 bridgehead atoms. The van der Waals surface area contributed by atoms with Crippen molar-refractivity contribution in [2.75, 3.05) is 5.32 Å². The molecule has 1 aromatic carbocycles. The second-order valence-electron chi connectivity index (χ2n) is 5.11. The molecular formula is C16H14N4O4. The number of carbonyl (C=O) groups is 3. The Bertz CT molecular complexity index is 781. The minimum atomic E-state index is -0.428. The third kappa shape index (κ3) is 3.72. The Morgan fingerprint density at radius 1 is 1.17 bits per heavy atom. The molecule has 3 rings (SSSR count). The van der Waals surface area contributed by atoms with Crippen molar-refractivity contribution in [1.82, 2.24) is 15.1 Å². The predicted molar refractivity (Wildman–Crippen MR) is 83.2 cm³/mol. The van der Waals surface area contributed by atoms with Gasteiger partial charge in [-0.2, -0.15) is 0 Å². The van der Waals surface area contributed by atoms with E-state index in [1.165, 1.54) is 6.08 Å². The number of hydrogen-bond acceptors (Lipinski definition) is 6. The van der Waals surface area contributed by atoms with E-state index in [0.717, 1.165) is 10.5 Å². The second-order valence-corrected chi connectivity index (χ2v) is 5.11. The Kier molecular flexibility index (Phi) is 4.46. The maximum atomic E-state index is 11.8. The molecule has 0 radical (unpaired) electrons. The number of hydrogen-bond donors (Lipinski definition) is 1. The summed E-state index contributed by atoms with van der Waals surface area (Å²) in [5.74, 6) is -0.882. The molecule has 2 heterocycles. The van der Waals surface area contributed by atoms with Crippen molar-refractivity contribution in [3.05, 3.63) is 47.9 Å². The van der Waals surface area contributed by atoms with Crippen LogP contribution in [0.3, 0.4) is 0 Å². The third-order valence-electron chi connectivity index (χ3n) is 3.37. The lowest BCUT2D eigenvalue weighted by Gasteiger charge is -2.09. The van der Waals surface area contributed by atoms with Crippen LogP contribution in [-0.2, 0) is 20.9 Å². The molecule has 122 valence electrons. The minimum Gasteiger partial charge on any atom is -0.406 e. The molecule has 1 saturated heterocycles. The third-order valence-corrected chi connectivity index (χ3v) is 3.37. The maximum Gasteiger partial charge on any atom is 0.322 e. The summed E-state index contributed by atoms with van der Waals surface area (Å²) in [6, 6.07) is 9.24. The summed E-state index contributed by atoms with van der Waals surface area (Å²) >= 11 is 0. The van der Waals surface area contributed by atoms with Crippen molar-refractivity contribution in [3.63, 3.8) is 0 Å². The van der Waals surface area contributed by atoms with Crippen molar-refractivity contribution >= 4 is 29.8 Å². The fourth-order valence-electron chi connectivity index (χ4n) is 2.19. The van der Waals surface area contributed by atoms with Gasteiger partial charge in [0.15, 0.2) is 0 Å². The number of imide groups is 1. The highest BCUT2D eigenvalue weighted by Gasteiger charge is 2.30. The van der Waals surface area contributed by atoms with Crippen LogP contribution in [0.5, 0.6) is 0 Å². The van der Waals surface area contributed by atoms with Gasteiger partial charge in [0.1, 0.15) is 6.54 Å². The van der Waals surface area contributed by atoms with Crippen LogP contribution in [0.4, 0.5) is 6.01 Å². The molecule has 8 nitrogen and oxygen atoms in total. The Hall–Kier alpha value is -3.29. The molecule has 0 saturated carbocycles. The van der Waals surface area contributed by atoms with E-state index in [4.69, 9.17) is 4.42 Å². The van der Waals surface area contributed by atoms with Crippen LogP contribution >= 0.6 is 0 Å². The molecule has 1 N–H and O–H groups in total. The number of aromatic nitrogens is 2. The van der Waals surface area contributed by atoms with Crippen molar-refractivity contribution in [2.45, 2.75) is 19.4 Å². The zero-order valence-corrected chi connectivity index (χ0v) is 12.6. The van der Waals surface area contributed by atoms with Crippen LogP contribution in [0, 0.1) is 0 Å². The maximum absolute atomic E-state index is 11.8. The Morgan fingerprint density at radius 3 is 2.58 bits per heavy atom. The van der Waals surface area contributed by atoms with Gasteiger partial charge in [0.2, 0.25) is 17.7 Å². The summed E-state index contributed by atoms with van der Waals surface area (Å²) in [5, 5.41) is 9.82. The number of anilines is 1. The largest absolute Gasteiger partial charge is 0.406 e. The molecule has 0 spiro atoms. The molecule has 0 unspecified atom stereocenters. The number of amides is 3. The molecule has 0 atom stereocenters. The van der Waals surface area contributed by atoms with E-state index in [-0.39, 0.29) is 43.1 Å². The van der Waals surface area contributed by atoms with Gasteiger partial charge < -0.3 is 4.42 Å². The summed E-state index contributed by atoms with van der Waals surface area (Å²) in [4.78, 5) is 35.9. The van der Waals surface area contributed by atoms with Gasteiger partial charge in [0.25, 0.3) is 5.91 Å². The van der Waals surface area contributed by atoms with Gasteiger partial charge >= 0.3 is 6.01 Å². The van der Waals surface area contributed by atoms with Gasteiger partial charge in [0, 0.05) is 18.9 Å². The highest BCUT2D eigenvalue weighted by atomic mass is 16.4. The first-order valence-corrected chi connectivity index (χ1v) is 7.31. The van der Waals surface area contributed by atoms with Crippen LogP contribution in [0.1, 0.15) is 24.3 Å². The fourth-order valence-corrected chi connectivity index (χ4v) is 2.19. The van der Waals surface area contributed by atoms with E-state index >= 15 is 0 Å². The topological polar surface area (TPSA) is 105 Å². The molecule has 8 heteroatoms. The van der Waals surface area contributed by atoms with E-state index in [2.05, 4.69) is 15.5 Å². The highest BCUT2D eigenvalue weighted by molar-refractivity contribution is 6.02. The molecule has 24 heavy (non-hydrogen) atoms.